The third kappa shape index (κ3) is 2.10. The van der Waals surface area contributed by atoms with E-state index in [0.717, 1.165) is 6.08 Å². The number of hydrogen-bond acceptors (Lipinski definition) is 0. The normalized spacial score (nSPS) is 25.1. The summed E-state index contributed by atoms with van der Waals surface area (Å²) in [4.78, 5) is 0. The van der Waals surface area contributed by atoms with Crippen molar-refractivity contribution < 1.29 is 13.2 Å². The summed E-state index contributed by atoms with van der Waals surface area (Å²) in [5.41, 5.74) is -0.518. The van der Waals surface area contributed by atoms with Crippen LogP contribution in [0.5, 0.6) is 0 Å². The second kappa shape index (κ2) is 2.72. The van der Waals surface area contributed by atoms with Gasteiger partial charge in [0.05, 0.1) is 5.57 Å². The predicted octanol–water partition coefficient (Wildman–Crippen LogP) is 3.07. The molecule has 0 unspecified atom stereocenters. The molecule has 1 aliphatic carbocycles. The van der Waals surface area contributed by atoms with Crippen LogP contribution >= 0.6 is 0 Å². The molecule has 0 spiro atoms. The first kappa shape index (κ1) is 8.37. The van der Waals surface area contributed by atoms with Gasteiger partial charge in [-0.1, -0.05) is 25.2 Å². The minimum absolute atomic E-state index is 0.237. The molecule has 11 heavy (non-hydrogen) atoms. The Kier molecular flexibility index (Phi) is 2.07. The molecule has 0 fully saturated rings. The van der Waals surface area contributed by atoms with E-state index in [9.17, 15) is 13.2 Å². The molecule has 62 valence electrons. The van der Waals surface area contributed by atoms with Gasteiger partial charge >= 0.3 is 6.18 Å². The van der Waals surface area contributed by atoms with E-state index in [1.807, 2.05) is 6.92 Å². The largest absolute Gasteiger partial charge is 0.416 e. The summed E-state index contributed by atoms with van der Waals surface area (Å²) in [6.45, 7) is 1.89. The SMILES string of the molecule is C[C@@H]1C=CC(C(F)(F)F)=CC1. The number of hydrogen-bond donors (Lipinski definition) is 0. The van der Waals surface area contributed by atoms with Crippen LogP contribution in [0.2, 0.25) is 0 Å². The molecule has 1 rings (SSSR count). The van der Waals surface area contributed by atoms with Crippen molar-refractivity contribution >= 4 is 0 Å². The van der Waals surface area contributed by atoms with Crippen molar-refractivity contribution in [2.24, 2.45) is 5.92 Å². The topological polar surface area (TPSA) is 0 Å². The first-order valence-corrected chi connectivity index (χ1v) is 3.45. The van der Waals surface area contributed by atoms with Gasteiger partial charge in [-0.25, -0.2) is 0 Å². The van der Waals surface area contributed by atoms with Crippen molar-refractivity contribution in [3.05, 3.63) is 23.8 Å². The predicted molar refractivity (Wildman–Crippen MR) is 37.1 cm³/mol. The maximum Gasteiger partial charge on any atom is 0.416 e. The lowest BCUT2D eigenvalue weighted by atomic mass is 9.98. The minimum Gasteiger partial charge on any atom is -0.166 e. The summed E-state index contributed by atoms with van der Waals surface area (Å²) in [6.07, 6.45) is 0.295. The van der Waals surface area contributed by atoms with Crippen LogP contribution in [0.1, 0.15) is 13.3 Å². The molecule has 0 aromatic heterocycles. The van der Waals surface area contributed by atoms with Gasteiger partial charge in [-0.3, -0.25) is 0 Å². The van der Waals surface area contributed by atoms with Gasteiger partial charge in [-0.15, -0.1) is 0 Å². The highest BCUT2D eigenvalue weighted by atomic mass is 19.4. The Hall–Kier alpha value is -0.730. The Morgan fingerprint density at radius 1 is 1.45 bits per heavy atom. The molecule has 0 aromatic rings. The summed E-state index contributed by atoms with van der Waals surface area (Å²) in [6, 6.07) is 0. The summed E-state index contributed by atoms with van der Waals surface area (Å²) < 4.78 is 35.8. The first-order chi connectivity index (χ1) is 5.00. The van der Waals surface area contributed by atoms with Gasteiger partial charge in [0.2, 0.25) is 0 Å². The Labute approximate surface area is 63.4 Å². The highest BCUT2D eigenvalue weighted by Crippen LogP contribution is 2.30. The quantitative estimate of drug-likeness (QED) is 0.513. The first-order valence-electron chi connectivity index (χ1n) is 3.45. The highest BCUT2D eigenvalue weighted by molar-refractivity contribution is 5.27. The van der Waals surface area contributed by atoms with E-state index in [0.29, 0.717) is 6.42 Å². The third-order valence-electron chi connectivity index (χ3n) is 1.64. The van der Waals surface area contributed by atoms with Gasteiger partial charge in [0.15, 0.2) is 0 Å². The average Bonchev–Trinajstić information content (AvgIpc) is 1.86. The third-order valence-corrected chi connectivity index (χ3v) is 1.64. The lowest BCUT2D eigenvalue weighted by Gasteiger charge is -2.13. The zero-order chi connectivity index (χ0) is 8.48. The molecule has 0 N–H and O–H groups in total. The van der Waals surface area contributed by atoms with Crippen LogP contribution in [0.15, 0.2) is 23.8 Å². The Bertz CT molecular complexity index is 198. The number of allylic oxidation sites excluding steroid dienone is 4. The minimum atomic E-state index is -4.17. The average molecular weight is 162 g/mol. The van der Waals surface area contributed by atoms with Crippen LogP contribution in [0.25, 0.3) is 0 Å². The highest BCUT2D eigenvalue weighted by Gasteiger charge is 2.32. The zero-order valence-electron chi connectivity index (χ0n) is 6.15. The van der Waals surface area contributed by atoms with Gasteiger partial charge in [0, 0.05) is 0 Å². The van der Waals surface area contributed by atoms with Crippen LogP contribution in [-0.4, -0.2) is 6.18 Å². The second-order valence-electron chi connectivity index (χ2n) is 2.73. The fourth-order valence-electron chi connectivity index (χ4n) is 0.938. The molecular weight excluding hydrogens is 153 g/mol. The number of alkyl halides is 3. The molecule has 3 heteroatoms. The summed E-state index contributed by atoms with van der Waals surface area (Å²) in [7, 11) is 0. The van der Waals surface area contributed by atoms with E-state index in [1.54, 1.807) is 6.08 Å². The van der Waals surface area contributed by atoms with Crippen molar-refractivity contribution in [3.8, 4) is 0 Å². The second-order valence-corrected chi connectivity index (χ2v) is 2.73. The van der Waals surface area contributed by atoms with E-state index < -0.39 is 11.7 Å². The Balaban J connectivity index is 2.71. The zero-order valence-corrected chi connectivity index (χ0v) is 6.15. The fourth-order valence-corrected chi connectivity index (χ4v) is 0.938. The smallest absolute Gasteiger partial charge is 0.166 e. The molecular formula is C8H9F3. The lowest BCUT2D eigenvalue weighted by molar-refractivity contribution is -0.0887. The van der Waals surface area contributed by atoms with Gasteiger partial charge in [0.1, 0.15) is 0 Å². The van der Waals surface area contributed by atoms with Crippen LogP contribution in [0.3, 0.4) is 0 Å². The van der Waals surface area contributed by atoms with Crippen LogP contribution in [-0.2, 0) is 0 Å². The molecule has 0 heterocycles. The van der Waals surface area contributed by atoms with Crippen molar-refractivity contribution in [2.45, 2.75) is 19.5 Å². The molecule has 0 saturated carbocycles. The molecule has 1 atom stereocenters. The monoisotopic (exact) mass is 162 g/mol. The van der Waals surface area contributed by atoms with Crippen molar-refractivity contribution in [1.82, 2.24) is 0 Å². The standard InChI is InChI=1S/C8H9F3/c1-6-2-4-7(5-3-6)8(9,10)11/h2,4-6H,3H2,1H3/t6-/m1/s1. The van der Waals surface area contributed by atoms with Crippen LogP contribution < -0.4 is 0 Å². The van der Waals surface area contributed by atoms with E-state index in [-0.39, 0.29) is 5.92 Å². The molecule has 0 bridgehead atoms. The maximum atomic E-state index is 11.9. The van der Waals surface area contributed by atoms with Crippen molar-refractivity contribution in [3.63, 3.8) is 0 Å². The molecule has 0 aliphatic heterocycles. The lowest BCUT2D eigenvalue weighted by Crippen LogP contribution is -2.12. The number of halogens is 3. The maximum absolute atomic E-state index is 11.9. The molecule has 1 aliphatic rings. The van der Waals surface area contributed by atoms with Crippen LogP contribution in [0, 0.1) is 5.92 Å². The molecule has 0 aromatic carbocycles. The number of rotatable bonds is 0. The molecule has 0 nitrogen and oxygen atoms in total. The van der Waals surface area contributed by atoms with E-state index in [1.165, 1.54) is 6.08 Å². The van der Waals surface area contributed by atoms with Gasteiger partial charge in [-0.2, -0.15) is 13.2 Å². The van der Waals surface area contributed by atoms with Gasteiger partial charge in [0.25, 0.3) is 0 Å². The molecule has 0 saturated heterocycles. The van der Waals surface area contributed by atoms with Crippen molar-refractivity contribution in [2.75, 3.05) is 0 Å². The molecule has 0 amide bonds. The fraction of sp³-hybridized carbons (Fsp3) is 0.500. The van der Waals surface area contributed by atoms with Crippen molar-refractivity contribution in [1.29, 1.82) is 0 Å². The van der Waals surface area contributed by atoms with E-state index >= 15 is 0 Å². The Morgan fingerprint density at radius 3 is 2.45 bits per heavy atom. The summed E-state index contributed by atoms with van der Waals surface area (Å²) in [5.74, 6) is 0.237. The van der Waals surface area contributed by atoms with Gasteiger partial charge in [-0.05, 0) is 12.3 Å². The van der Waals surface area contributed by atoms with Gasteiger partial charge < -0.3 is 0 Å². The van der Waals surface area contributed by atoms with Crippen LogP contribution in [0.4, 0.5) is 13.2 Å². The molecule has 0 radical (unpaired) electrons. The summed E-state index contributed by atoms with van der Waals surface area (Å²) >= 11 is 0. The van der Waals surface area contributed by atoms with E-state index in [2.05, 4.69) is 0 Å². The van der Waals surface area contributed by atoms with E-state index in [4.69, 9.17) is 0 Å². The summed E-state index contributed by atoms with van der Waals surface area (Å²) in [5, 5.41) is 0. The Morgan fingerprint density at radius 2 is 2.09 bits per heavy atom.